The second-order valence-electron chi connectivity index (χ2n) is 6.88. The van der Waals surface area contributed by atoms with Gasteiger partial charge in [0.2, 0.25) is 5.91 Å². The molecule has 0 saturated carbocycles. The molecule has 0 aliphatic rings. The lowest BCUT2D eigenvalue weighted by Crippen LogP contribution is -2.23. The lowest BCUT2D eigenvalue weighted by atomic mass is 10.1. The summed E-state index contributed by atoms with van der Waals surface area (Å²) in [6.45, 7) is 4.16. The summed E-state index contributed by atoms with van der Waals surface area (Å²) in [4.78, 5) is 24.5. The molecule has 0 spiro atoms. The third kappa shape index (κ3) is 4.14. The molecule has 1 unspecified atom stereocenters. The van der Waals surface area contributed by atoms with Crippen LogP contribution in [0.15, 0.2) is 42.6 Å². The number of anilines is 1. The van der Waals surface area contributed by atoms with Gasteiger partial charge >= 0.3 is 0 Å². The molecule has 3 N–H and O–H groups in total. The molecular weight excluding hydrogens is 356 g/mol. The minimum Gasteiger partial charge on any atom is -0.506 e. The quantitative estimate of drug-likeness (QED) is 0.612. The number of rotatable bonds is 6. The Morgan fingerprint density at radius 3 is 2.79 bits per heavy atom. The number of nitrogens with zero attached hydrogens (tertiary/aromatic N) is 2. The lowest BCUT2D eigenvalue weighted by molar-refractivity contribution is -0.119. The number of phenols is 1. The first-order valence-electron chi connectivity index (χ1n) is 9.21. The molecule has 1 aromatic heterocycles. The van der Waals surface area contributed by atoms with E-state index in [1.54, 1.807) is 24.0 Å². The van der Waals surface area contributed by atoms with Crippen LogP contribution in [0, 0.1) is 5.92 Å². The predicted octanol–water partition coefficient (Wildman–Crippen LogP) is 3.19. The molecule has 0 aliphatic carbocycles. The molecule has 3 rings (SSSR count). The molecular formula is C21H24N4O3. The zero-order chi connectivity index (χ0) is 20.3. The van der Waals surface area contributed by atoms with Crippen molar-refractivity contribution in [2.45, 2.75) is 26.8 Å². The molecule has 7 heteroatoms. The third-order valence-electron chi connectivity index (χ3n) is 4.78. The van der Waals surface area contributed by atoms with Crippen molar-refractivity contribution in [2.24, 2.45) is 13.0 Å². The van der Waals surface area contributed by atoms with Crippen molar-refractivity contribution in [1.29, 1.82) is 0 Å². The highest BCUT2D eigenvalue weighted by Gasteiger charge is 2.13. The van der Waals surface area contributed by atoms with Gasteiger partial charge < -0.3 is 15.7 Å². The SMILES string of the molecule is CCC(C)C(=O)Nc1cccc(CNC(=O)c2cc(O)c3c(cnn3C)c2)c1. The molecule has 0 radical (unpaired) electrons. The number of aromatic hydroxyl groups is 1. The van der Waals surface area contributed by atoms with Gasteiger partial charge in [-0.2, -0.15) is 5.10 Å². The Kier molecular flexibility index (Phi) is 5.63. The topological polar surface area (TPSA) is 96.2 Å². The molecule has 2 aromatic carbocycles. The summed E-state index contributed by atoms with van der Waals surface area (Å²) in [7, 11) is 1.73. The summed E-state index contributed by atoms with van der Waals surface area (Å²) in [5.41, 5.74) is 2.51. The van der Waals surface area contributed by atoms with E-state index in [1.165, 1.54) is 6.07 Å². The average molecular weight is 380 g/mol. The molecule has 2 amide bonds. The van der Waals surface area contributed by atoms with Crippen LogP contribution >= 0.6 is 0 Å². The van der Waals surface area contributed by atoms with Crippen LogP contribution in [0.1, 0.15) is 36.2 Å². The van der Waals surface area contributed by atoms with Gasteiger partial charge in [0.05, 0.1) is 6.20 Å². The number of benzene rings is 2. The Hall–Kier alpha value is -3.35. The van der Waals surface area contributed by atoms with Crippen molar-refractivity contribution < 1.29 is 14.7 Å². The average Bonchev–Trinajstić information content (AvgIpc) is 3.07. The summed E-state index contributed by atoms with van der Waals surface area (Å²) < 4.78 is 1.56. The Morgan fingerprint density at radius 2 is 2.04 bits per heavy atom. The van der Waals surface area contributed by atoms with Gasteiger partial charge in [-0.3, -0.25) is 14.3 Å². The minimum absolute atomic E-state index is 0.0115. The van der Waals surface area contributed by atoms with E-state index in [0.717, 1.165) is 12.0 Å². The molecule has 1 atom stereocenters. The maximum atomic E-state index is 12.5. The van der Waals surface area contributed by atoms with Crippen molar-refractivity contribution in [3.8, 4) is 5.75 Å². The van der Waals surface area contributed by atoms with E-state index in [4.69, 9.17) is 0 Å². The zero-order valence-corrected chi connectivity index (χ0v) is 16.2. The fraction of sp³-hybridized carbons (Fsp3) is 0.286. The van der Waals surface area contributed by atoms with Gasteiger partial charge in [0.15, 0.2) is 0 Å². The van der Waals surface area contributed by atoms with Crippen molar-refractivity contribution >= 4 is 28.4 Å². The van der Waals surface area contributed by atoms with Crippen molar-refractivity contribution in [2.75, 3.05) is 5.32 Å². The molecule has 7 nitrogen and oxygen atoms in total. The number of amides is 2. The summed E-state index contributed by atoms with van der Waals surface area (Å²) in [5.74, 6) is -0.366. The molecule has 28 heavy (non-hydrogen) atoms. The van der Waals surface area contributed by atoms with E-state index in [-0.39, 0.29) is 23.5 Å². The predicted molar refractivity (Wildman–Crippen MR) is 108 cm³/mol. The number of phenolic OH excluding ortho intramolecular Hbond substituents is 1. The van der Waals surface area contributed by atoms with Gasteiger partial charge in [0.25, 0.3) is 5.91 Å². The number of carbonyl (C=O) groups excluding carboxylic acids is 2. The van der Waals surface area contributed by atoms with Gasteiger partial charge in [0, 0.05) is 36.1 Å². The standard InChI is InChI=1S/C21H24N4O3/c1-4-13(2)20(27)24-17-7-5-6-14(8-17)11-22-21(28)15-9-16-12-23-25(3)19(16)18(26)10-15/h5-10,12-13,26H,4,11H2,1-3H3,(H,22,28)(H,24,27). The van der Waals surface area contributed by atoms with E-state index in [1.807, 2.05) is 38.1 Å². The summed E-state index contributed by atoms with van der Waals surface area (Å²) in [5, 5.41) is 20.7. The van der Waals surface area contributed by atoms with E-state index < -0.39 is 0 Å². The molecule has 0 aliphatic heterocycles. The fourth-order valence-electron chi connectivity index (χ4n) is 2.92. The molecule has 0 saturated heterocycles. The minimum atomic E-state index is -0.296. The van der Waals surface area contributed by atoms with Gasteiger partial charge in [-0.25, -0.2) is 0 Å². The Balaban J connectivity index is 1.68. The van der Waals surface area contributed by atoms with Crippen LogP contribution < -0.4 is 10.6 Å². The number of nitrogens with one attached hydrogen (secondary N) is 2. The Labute approximate surface area is 163 Å². The van der Waals surface area contributed by atoms with Gasteiger partial charge in [-0.05, 0) is 36.2 Å². The number of fused-ring (bicyclic) bond motifs is 1. The number of hydrogen-bond acceptors (Lipinski definition) is 4. The van der Waals surface area contributed by atoms with Crippen LogP contribution in [-0.4, -0.2) is 26.7 Å². The molecule has 0 bridgehead atoms. The lowest BCUT2D eigenvalue weighted by Gasteiger charge is -2.12. The molecule has 0 fully saturated rings. The first-order valence-corrected chi connectivity index (χ1v) is 9.21. The maximum Gasteiger partial charge on any atom is 0.251 e. The first-order chi connectivity index (χ1) is 13.4. The summed E-state index contributed by atoms with van der Waals surface area (Å²) >= 11 is 0. The highest BCUT2D eigenvalue weighted by atomic mass is 16.3. The Morgan fingerprint density at radius 1 is 1.25 bits per heavy atom. The van der Waals surface area contributed by atoms with Crippen LogP contribution in [0.25, 0.3) is 10.9 Å². The van der Waals surface area contributed by atoms with Crippen LogP contribution in [0.5, 0.6) is 5.75 Å². The third-order valence-corrected chi connectivity index (χ3v) is 4.78. The molecule has 146 valence electrons. The molecule has 1 heterocycles. The van der Waals surface area contributed by atoms with Crippen molar-refractivity contribution in [1.82, 2.24) is 15.1 Å². The monoisotopic (exact) mass is 380 g/mol. The normalized spacial score (nSPS) is 12.0. The second kappa shape index (κ2) is 8.12. The van der Waals surface area contributed by atoms with E-state index in [9.17, 15) is 14.7 Å². The number of aryl methyl sites for hydroxylation is 1. The van der Waals surface area contributed by atoms with Gasteiger partial charge in [0.1, 0.15) is 11.3 Å². The molecule has 3 aromatic rings. The zero-order valence-electron chi connectivity index (χ0n) is 16.2. The maximum absolute atomic E-state index is 12.5. The summed E-state index contributed by atoms with van der Waals surface area (Å²) in [6, 6.07) is 10.5. The van der Waals surface area contributed by atoms with E-state index in [0.29, 0.717) is 28.7 Å². The fourth-order valence-corrected chi connectivity index (χ4v) is 2.92. The highest BCUT2D eigenvalue weighted by Crippen LogP contribution is 2.25. The van der Waals surface area contributed by atoms with Crippen molar-refractivity contribution in [3.05, 3.63) is 53.7 Å². The van der Waals surface area contributed by atoms with Crippen LogP contribution in [0.3, 0.4) is 0 Å². The number of hydrogen-bond donors (Lipinski definition) is 3. The highest BCUT2D eigenvalue weighted by molar-refractivity contribution is 5.99. The first kappa shape index (κ1) is 19.4. The number of aromatic nitrogens is 2. The van der Waals surface area contributed by atoms with Crippen LogP contribution in [0.2, 0.25) is 0 Å². The van der Waals surface area contributed by atoms with Crippen LogP contribution in [0.4, 0.5) is 5.69 Å². The van der Waals surface area contributed by atoms with Gasteiger partial charge in [-0.15, -0.1) is 0 Å². The van der Waals surface area contributed by atoms with E-state index in [2.05, 4.69) is 15.7 Å². The van der Waals surface area contributed by atoms with Gasteiger partial charge in [-0.1, -0.05) is 26.0 Å². The smallest absolute Gasteiger partial charge is 0.251 e. The summed E-state index contributed by atoms with van der Waals surface area (Å²) in [6.07, 6.45) is 2.38. The largest absolute Gasteiger partial charge is 0.506 e. The number of carbonyl (C=O) groups is 2. The van der Waals surface area contributed by atoms with Crippen LogP contribution in [-0.2, 0) is 18.4 Å². The Bertz CT molecular complexity index is 1030. The second-order valence-corrected chi connectivity index (χ2v) is 6.88. The van der Waals surface area contributed by atoms with E-state index >= 15 is 0 Å². The van der Waals surface area contributed by atoms with Crippen molar-refractivity contribution in [3.63, 3.8) is 0 Å².